The van der Waals surface area contributed by atoms with Crippen LogP contribution in [0.5, 0.6) is 0 Å². The first-order valence-electron chi connectivity index (χ1n) is 7.09. The molecule has 0 spiro atoms. The first-order valence-corrected chi connectivity index (χ1v) is 7.09. The third-order valence-electron chi connectivity index (χ3n) is 3.12. The van der Waals surface area contributed by atoms with Crippen molar-refractivity contribution >= 4 is 5.96 Å². The fraction of sp³-hybridized carbons (Fsp3) is 0.562. The summed E-state index contributed by atoms with van der Waals surface area (Å²) in [6, 6.07) is 8.45. The largest absolute Gasteiger partial charge is 0.377 e. The van der Waals surface area contributed by atoms with Crippen molar-refractivity contribution in [3.8, 4) is 0 Å². The third-order valence-corrected chi connectivity index (χ3v) is 3.12. The van der Waals surface area contributed by atoms with E-state index in [0.717, 1.165) is 12.5 Å². The minimum atomic E-state index is -0.208. The molecule has 0 aliphatic carbocycles. The van der Waals surface area contributed by atoms with Gasteiger partial charge in [-0.25, -0.2) is 4.99 Å². The van der Waals surface area contributed by atoms with Gasteiger partial charge >= 0.3 is 0 Å². The highest BCUT2D eigenvalue weighted by Crippen LogP contribution is 2.06. The van der Waals surface area contributed by atoms with Gasteiger partial charge in [0, 0.05) is 20.2 Å². The van der Waals surface area contributed by atoms with E-state index < -0.39 is 0 Å². The minimum Gasteiger partial charge on any atom is -0.377 e. The number of rotatable bonds is 6. The van der Waals surface area contributed by atoms with E-state index in [1.54, 1.807) is 7.11 Å². The number of hydrogen-bond acceptors (Lipinski definition) is 2. The number of benzene rings is 1. The molecule has 0 amide bonds. The van der Waals surface area contributed by atoms with Crippen molar-refractivity contribution in [3.05, 3.63) is 35.4 Å². The third kappa shape index (κ3) is 6.06. The lowest BCUT2D eigenvalue weighted by Crippen LogP contribution is -2.45. The van der Waals surface area contributed by atoms with Gasteiger partial charge in [-0.2, -0.15) is 0 Å². The van der Waals surface area contributed by atoms with E-state index in [-0.39, 0.29) is 5.60 Å². The van der Waals surface area contributed by atoms with E-state index in [9.17, 15) is 0 Å². The molecule has 1 aromatic rings. The Balaban J connectivity index is 2.60. The molecule has 0 radical (unpaired) electrons. The summed E-state index contributed by atoms with van der Waals surface area (Å²) in [6.07, 6.45) is 0. The molecule has 1 aromatic carbocycles. The molecule has 0 saturated heterocycles. The Morgan fingerprint density at radius 1 is 1.20 bits per heavy atom. The zero-order chi connectivity index (χ0) is 15.0. The number of ether oxygens (including phenoxy) is 1. The van der Waals surface area contributed by atoms with Crippen LogP contribution >= 0.6 is 0 Å². The molecule has 0 bridgehead atoms. The van der Waals surface area contributed by atoms with Gasteiger partial charge < -0.3 is 15.4 Å². The standard InChI is InChI=1S/C16H27N3O/c1-6-17-15(19-12-16(3,4)20-5)18-11-14-9-7-13(2)8-10-14/h7-10H,6,11-12H2,1-5H3,(H2,17,18,19). The molecule has 4 heteroatoms. The zero-order valence-corrected chi connectivity index (χ0v) is 13.3. The van der Waals surface area contributed by atoms with Crippen LogP contribution in [0.2, 0.25) is 0 Å². The normalized spacial score (nSPS) is 12.3. The van der Waals surface area contributed by atoms with Crippen LogP contribution in [0.3, 0.4) is 0 Å². The molecule has 2 N–H and O–H groups in total. The molecule has 0 aromatic heterocycles. The van der Waals surface area contributed by atoms with E-state index in [1.807, 2.05) is 13.8 Å². The van der Waals surface area contributed by atoms with Crippen molar-refractivity contribution in [2.75, 3.05) is 20.2 Å². The molecule has 0 unspecified atom stereocenters. The second-order valence-corrected chi connectivity index (χ2v) is 5.50. The van der Waals surface area contributed by atoms with Crippen molar-refractivity contribution in [3.63, 3.8) is 0 Å². The van der Waals surface area contributed by atoms with Crippen LogP contribution in [0.15, 0.2) is 29.3 Å². The highest BCUT2D eigenvalue weighted by Gasteiger charge is 2.16. The maximum absolute atomic E-state index is 5.40. The van der Waals surface area contributed by atoms with E-state index in [1.165, 1.54) is 11.1 Å². The van der Waals surface area contributed by atoms with Crippen LogP contribution in [0.1, 0.15) is 31.9 Å². The van der Waals surface area contributed by atoms with Crippen LogP contribution < -0.4 is 10.6 Å². The van der Waals surface area contributed by atoms with Crippen molar-refractivity contribution < 1.29 is 4.74 Å². The molecule has 4 nitrogen and oxygen atoms in total. The Labute approximate surface area is 122 Å². The first-order chi connectivity index (χ1) is 9.46. The summed E-state index contributed by atoms with van der Waals surface area (Å²) in [5.74, 6) is 0.818. The summed E-state index contributed by atoms with van der Waals surface area (Å²) in [5, 5.41) is 6.55. The average Bonchev–Trinajstić information content (AvgIpc) is 2.44. The molecule has 0 fully saturated rings. The van der Waals surface area contributed by atoms with Gasteiger partial charge in [-0.15, -0.1) is 0 Å². The van der Waals surface area contributed by atoms with Crippen LogP contribution in [0.25, 0.3) is 0 Å². The second-order valence-electron chi connectivity index (χ2n) is 5.50. The van der Waals surface area contributed by atoms with Crippen LogP contribution in [0.4, 0.5) is 0 Å². The maximum atomic E-state index is 5.40. The smallest absolute Gasteiger partial charge is 0.191 e. The predicted octanol–water partition coefficient (Wildman–Crippen LogP) is 2.48. The van der Waals surface area contributed by atoms with Gasteiger partial charge in [-0.05, 0) is 33.3 Å². The fourth-order valence-corrected chi connectivity index (χ4v) is 1.57. The van der Waals surface area contributed by atoms with Gasteiger partial charge in [0.1, 0.15) is 0 Å². The van der Waals surface area contributed by atoms with Gasteiger partial charge in [0.2, 0.25) is 0 Å². The summed E-state index contributed by atoms with van der Waals surface area (Å²) in [7, 11) is 1.72. The van der Waals surface area contributed by atoms with E-state index in [0.29, 0.717) is 13.1 Å². The average molecular weight is 277 g/mol. The quantitative estimate of drug-likeness (QED) is 0.620. The van der Waals surface area contributed by atoms with Crippen molar-refractivity contribution in [1.82, 2.24) is 10.6 Å². The predicted molar refractivity (Wildman–Crippen MR) is 85.1 cm³/mol. The van der Waals surface area contributed by atoms with Crippen LogP contribution in [0, 0.1) is 6.92 Å². The fourth-order valence-electron chi connectivity index (χ4n) is 1.57. The molecular weight excluding hydrogens is 250 g/mol. The lowest BCUT2D eigenvalue weighted by atomic mass is 10.1. The SMILES string of the molecule is CCNC(=NCc1ccc(C)cc1)NCC(C)(C)OC. The highest BCUT2D eigenvalue weighted by atomic mass is 16.5. The zero-order valence-electron chi connectivity index (χ0n) is 13.3. The van der Waals surface area contributed by atoms with Crippen LogP contribution in [-0.4, -0.2) is 31.8 Å². The molecule has 0 aliphatic heterocycles. The molecule has 0 atom stereocenters. The Morgan fingerprint density at radius 2 is 1.85 bits per heavy atom. The van der Waals surface area contributed by atoms with Gasteiger partial charge in [0.15, 0.2) is 5.96 Å². The van der Waals surface area contributed by atoms with Crippen LogP contribution in [-0.2, 0) is 11.3 Å². The number of nitrogens with one attached hydrogen (secondary N) is 2. The number of guanidine groups is 1. The molecule has 20 heavy (non-hydrogen) atoms. The highest BCUT2D eigenvalue weighted by molar-refractivity contribution is 5.79. The first kappa shape index (κ1) is 16.5. The summed E-state index contributed by atoms with van der Waals surface area (Å²) in [5.41, 5.74) is 2.27. The topological polar surface area (TPSA) is 45.7 Å². The van der Waals surface area contributed by atoms with Crippen molar-refractivity contribution in [2.45, 2.75) is 39.8 Å². The number of hydrogen-bond donors (Lipinski definition) is 2. The van der Waals surface area contributed by atoms with E-state index >= 15 is 0 Å². The Morgan fingerprint density at radius 3 is 2.40 bits per heavy atom. The van der Waals surface area contributed by atoms with Gasteiger partial charge in [0.05, 0.1) is 12.1 Å². The van der Waals surface area contributed by atoms with Gasteiger partial charge in [-0.3, -0.25) is 0 Å². The lowest BCUT2D eigenvalue weighted by molar-refractivity contribution is 0.0268. The number of aryl methyl sites for hydroxylation is 1. The summed E-state index contributed by atoms with van der Waals surface area (Å²) in [4.78, 5) is 4.59. The molecule has 0 heterocycles. The van der Waals surface area contributed by atoms with E-state index in [4.69, 9.17) is 4.74 Å². The summed E-state index contributed by atoms with van der Waals surface area (Å²) in [6.45, 7) is 10.5. The molecular formula is C16H27N3O. The van der Waals surface area contributed by atoms with E-state index in [2.05, 4.69) is 53.7 Å². The number of aliphatic imine (C=N–C) groups is 1. The maximum Gasteiger partial charge on any atom is 0.191 e. The minimum absolute atomic E-state index is 0.208. The number of methoxy groups -OCH3 is 1. The van der Waals surface area contributed by atoms with Gasteiger partial charge in [0.25, 0.3) is 0 Å². The summed E-state index contributed by atoms with van der Waals surface area (Å²) < 4.78 is 5.40. The second kappa shape index (κ2) is 7.90. The molecule has 0 aliphatic rings. The van der Waals surface area contributed by atoms with Gasteiger partial charge in [-0.1, -0.05) is 29.8 Å². The monoisotopic (exact) mass is 277 g/mol. The van der Waals surface area contributed by atoms with Crippen molar-refractivity contribution in [2.24, 2.45) is 4.99 Å². The molecule has 1 rings (SSSR count). The Hall–Kier alpha value is -1.55. The molecule has 112 valence electrons. The Bertz CT molecular complexity index is 424. The molecule has 0 saturated carbocycles. The lowest BCUT2D eigenvalue weighted by Gasteiger charge is -2.24. The number of nitrogens with zero attached hydrogens (tertiary/aromatic N) is 1. The summed E-state index contributed by atoms with van der Waals surface area (Å²) >= 11 is 0. The van der Waals surface area contributed by atoms with Crippen molar-refractivity contribution in [1.29, 1.82) is 0 Å². The Kier molecular flexibility index (Phi) is 6.52.